The third kappa shape index (κ3) is 2.01. The number of carboxylic acids is 1. The van der Waals surface area contributed by atoms with E-state index in [2.05, 4.69) is 10.3 Å². The molecule has 0 radical (unpaired) electrons. The molecule has 100 valence electrons. The summed E-state index contributed by atoms with van der Waals surface area (Å²) in [4.78, 5) is 10.9. The van der Waals surface area contributed by atoms with Crippen molar-refractivity contribution in [2.24, 2.45) is 0 Å². The Balaban J connectivity index is 2.26. The lowest BCUT2D eigenvalue weighted by Gasteiger charge is -2.06. The van der Waals surface area contributed by atoms with Crippen molar-refractivity contribution < 1.29 is 9.90 Å². The molecular formula is C13H7Cl2N3O2. The second kappa shape index (κ2) is 4.77. The first-order chi connectivity index (χ1) is 9.58. The number of fused-ring (bicyclic) bond motifs is 1. The number of para-hydroxylation sites is 1. The summed E-state index contributed by atoms with van der Waals surface area (Å²) in [6, 6.07) is 9.68. The summed E-state index contributed by atoms with van der Waals surface area (Å²) in [5.41, 5.74) is 1.75. The molecule has 0 bridgehead atoms. The summed E-state index contributed by atoms with van der Waals surface area (Å²) in [5.74, 6) is -1.02. The van der Waals surface area contributed by atoms with Crippen LogP contribution in [0.4, 0.5) is 0 Å². The summed E-state index contributed by atoms with van der Waals surface area (Å²) in [7, 11) is 0. The smallest absolute Gasteiger partial charge is 0.335 e. The van der Waals surface area contributed by atoms with Crippen molar-refractivity contribution >= 4 is 40.2 Å². The predicted octanol–water partition coefficient (Wildman–Crippen LogP) is 3.43. The molecule has 3 rings (SSSR count). The summed E-state index contributed by atoms with van der Waals surface area (Å²) >= 11 is 12.3. The van der Waals surface area contributed by atoms with Crippen molar-refractivity contribution in [3.8, 4) is 5.69 Å². The van der Waals surface area contributed by atoms with Crippen LogP contribution in [0.3, 0.4) is 0 Å². The number of hydrogen-bond donors (Lipinski definition) is 1. The van der Waals surface area contributed by atoms with Crippen LogP contribution in [0.1, 0.15) is 10.4 Å². The van der Waals surface area contributed by atoms with E-state index < -0.39 is 5.97 Å². The molecule has 2 aromatic carbocycles. The van der Waals surface area contributed by atoms with Gasteiger partial charge in [-0.3, -0.25) is 0 Å². The topological polar surface area (TPSA) is 68.0 Å². The maximum atomic E-state index is 10.9. The first-order valence-corrected chi connectivity index (χ1v) is 6.36. The van der Waals surface area contributed by atoms with Crippen molar-refractivity contribution in [1.29, 1.82) is 0 Å². The lowest BCUT2D eigenvalue weighted by molar-refractivity contribution is 0.0697. The third-order valence-corrected chi connectivity index (χ3v) is 3.45. The molecule has 0 unspecified atom stereocenters. The predicted molar refractivity (Wildman–Crippen MR) is 75.8 cm³/mol. The number of nitrogens with zero attached hydrogens (tertiary/aromatic N) is 3. The largest absolute Gasteiger partial charge is 0.478 e. The van der Waals surface area contributed by atoms with Crippen LogP contribution >= 0.6 is 23.2 Å². The molecule has 3 aromatic rings. The number of carboxylic acid groups (broad SMARTS) is 1. The maximum Gasteiger partial charge on any atom is 0.335 e. The van der Waals surface area contributed by atoms with Gasteiger partial charge in [-0.25, -0.2) is 9.48 Å². The standard InChI is InChI=1S/C13H7Cl2N3O2/c14-8-2-1-3-9(15)12(8)18-11-5-4-7(13(19)20)6-10(11)16-17-18/h1-6H,(H,19,20). The Bertz CT molecular complexity index is 809. The molecule has 0 amide bonds. The molecule has 1 N–H and O–H groups in total. The third-order valence-electron chi connectivity index (χ3n) is 2.84. The fourth-order valence-corrected chi connectivity index (χ4v) is 2.47. The molecule has 20 heavy (non-hydrogen) atoms. The Hall–Kier alpha value is -2.11. The molecule has 0 atom stereocenters. The molecule has 0 saturated carbocycles. The Kier molecular flexibility index (Phi) is 3.08. The number of rotatable bonds is 2. The van der Waals surface area contributed by atoms with Gasteiger partial charge in [-0.15, -0.1) is 5.10 Å². The van der Waals surface area contributed by atoms with E-state index in [1.165, 1.54) is 16.8 Å². The maximum absolute atomic E-state index is 10.9. The van der Waals surface area contributed by atoms with E-state index in [0.29, 0.717) is 26.8 Å². The Morgan fingerprint density at radius 1 is 1.15 bits per heavy atom. The van der Waals surface area contributed by atoms with E-state index >= 15 is 0 Å². The average molecular weight is 308 g/mol. The Labute approximate surface area is 123 Å². The molecule has 0 aliphatic heterocycles. The van der Waals surface area contributed by atoms with Gasteiger partial charge in [0.25, 0.3) is 0 Å². The minimum Gasteiger partial charge on any atom is -0.478 e. The summed E-state index contributed by atoms with van der Waals surface area (Å²) in [6.07, 6.45) is 0. The van der Waals surface area contributed by atoms with Crippen LogP contribution in [0.25, 0.3) is 16.7 Å². The van der Waals surface area contributed by atoms with Crippen LogP contribution in [0.5, 0.6) is 0 Å². The van der Waals surface area contributed by atoms with E-state index in [1.807, 2.05) is 0 Å². The van der Waals surface area contributed by atoms with E-state index in [9.17, 15) is 4.79 Å². The lowest BCUT2D eigenvalue weighted by atomic mass is 10.2. The highest BCUT2D eigenvalue weighted by Gasteiger charge is 2.14. The molecule has 1 aromatic heterocycles. The van der Waals surface area contributed by atoms with Gasteiger partial charge in [0.05, 0.1) is 21.1 Å². The lowest BCUT2D eigenvalue weighted by Crippen LogP contribution is -1.99. The van der Waals surface area contributed by atoms with E-state index in [4.69, 9.17) is 28.3 Å². The van der Waals surface area contributed by atoms with Gasteiger partial charge in [0.2, 0.25) is 0 Å². The number of halogens is 2. The van der Waals surface area contributed by atoms with E-state index in [1.54, 1.807) is 24.3 Å². The number of aromatic carboxylic acids is 1. The zero-order valence-electron chi connectivity index (χ0n) is 9.92. The van der Waals surface area contributed by atoms with Gasteiger partial charge in [-0.2, -0.15) is 0 Å². The van der Waals surface area contributed by atoms with Gasteiger partial charge >= 0.3 is 5.97 Å². The highest BCUT2D eigenvalue weighted by Crippen LogP contribution is 2.30. The fraction of sp³-hybridized carbons (Fsp3) is 0. The molecule has 0 aliphatic carbocycles. The molecule has 5 nitrogen and oxygen atoms in total. The van der Waals surface area contributed by atoms with Gasteiger partial charge < -0.3 is 5.11 Å². The monoisotopic (exact) mass is 307 g/mol. The van der Waals surface area contributed by atoms with E-state index in [0.717, 1.165) is 0 Å². The minimum atomic E-state index is -1.02. The van der Waals surface area contributed by atoms with Crippen LogP contribution in [-0.4, -0.2) is 26.1 Å². The van der Waals surface area contributed by atoms with Crippen LogP contribution in [-0.2, 0) is 0 Å². The highest BCUT2D eigenvalue weighted by atomic mass is 35.5. The van der Waals surface area contributed by atoms with Crippen molar-refractivity contribution in [1.82, 2.24) is 15.0 Å². The second-order valence-electron chi connectivity index (χ2n) is 4.08. The molecule has 1 heterocycles. The second-order valence-corrected chi connectivity index (χ2v) is 4.89. The number of aromatic nitrogens is 3. The number of benzene rings is 2. The minimum absolute atomic E-state index is 0.148. The average Bonchev–Trinajstić information content (AvgIpc) is 2.81. The first-order valence-electron chi connectivity index (χ1n) is 5.61. The Morgan fingerprint density at radius 3 is 2.50 bits per heavy atom. The summed E-state index contributed by atoms with van der Waals surface area (Å²) in [5, 5.41) is 17.8. The zero-order chi connectivity index (χ0) is 14.3. The Morgan fingerprint density at radius 2 is 1.85 bits per heavy atom. The summed E-state index contributed by atoms with van der Waals surface area (Å²) < 4.78 is 1.49. The molecular weight excluding hydrogens is 301 g/mol. The van der Waals surface area contributed by atoms with Crippen LogP contribution < -0.4 is 0 Å². The molecule has 0 spiro atoms. The van der Waals surface area contributed by atoms with Gasteiger partial charge in [-0.05, 0) is 30.3 Å². The van der Waals surface area contributed by atoms with Crippen LogP contribution in [0.15, 0.2) is 36.4 Å². The zero-order valence-corrected chi connectivity index (χ0v) is 11.4. The van der Waals surface area contributed by atoms with Crippen LogP contribution in [0, 0.1) is 0 Å². The quantitative estimate of drug-likeness (QED) is 0.787. The fourth-order valence-electron chi connectivity index (χ4n) is 1.91. The van der Waals surface area contributed by atoms with E-state index in [-0.39, 0.29) is 5.56 Å². The molecule has 0 fully saturated rings. The van der Waals surface area contributed by atoms with Gasteiger partial charge in [0.15, 0.2) is 0 Å². The van der Waals surface area contributed by atoms with Crippen molar-refractivity contribution in [3.63, 3.8) is 0 Å². The number of carbonyl (C=O) groups is 1. The van der Waals surface area contributed by atoms with Crippen molar-refractivity contribution in [2.45, 2.75) is 0 Å². The molecule has 0 aliphatic rings. The molecule has 0 saturated heterocycles. The summed E-state index contributed by atoms with van der Waals surface area (Å²) in [6.45, 7) is 0. The highest BCUT2D eigenvalue weighted by molar-refractivity contribution is 6.37. The number of hydrogen-bond acceptors (Lipinski definition) is 3. The van der Waals surface area contributed by atoms with Crippen molar-refractivity contribution in [3.05, 3.63) is 52.0 Å². The van der Waals surface area contributed by atoms with Gasteiger partial charge in [-0.1, -0.05) is 34.5 Å². The van der Waals surface area contributed by atoms with Gasteiger partial charge in [0.1, 0.15) is 11.2 Å². The van der Waals surface area contributed by atoms with Gasteiger partial charge in [0, 0.05) is 0 Å². The molecule has 7 heteroatoms. The van der Waals surface area contributed by atoms with Crippen LogP contribution in [0.2, 0.25) is 10.0 Å². The normalized spacial score (nSPS) is 10.9. The van der Waals surface area contributed by atoms with Crippen molar-refractivity contribution in [2.75, 3.05) is 0 Å². The first kappa shape index (κ1) is 12.9. The SMILES string of the molecule is O=C(O)c1ccc2c(c1)nnn2-c1c(Cl)cccc1Cl.